The Morgan fingerprint density at radius 1 is 1.08 bits per heavy atom. The number of nitrogens with zero attached hydrogens (tertiary/aromatic N) is 7. The number of hydrogen-bond acceptors (Lipinski definition) is 9. The van der Waals surface area contributed by atoms with E-state index in [9.17, 15) is 9.18 Å². The molecular formula is C26H31F2N9O2. The van der Waals surface area contributed by atoms with Crippen molar-refractivity contribution in [1.29, 1.82) is 0 Å². The predicted octanol–water partition coefficient (Wildman–Crippen LogP) is 1.98. The lowest BCUT2D eigenvalue weighted by molar-refractivity contribution is -0.0752. The number of hydrogen-bond donors (Lipinski definition) is 2. The molecule has 0 bridgehead atoms. The molecule has 0 spiro atoms. The highest BCUT2D eigenvalue weighted by Gasteiger charge is 2.32. The summed E-state index contributed by atoms with van der Waals surface area (Å²) in [5.41, 5.74) is 7.64. The Morgan fingerprint density at radius 3 is 2.51 bits per heavy atom. The molecule has 13 heteroatoms. The highest BCUT2D eigenvalue weighted by Crippen LogP contribution is 2.35. The topological polar surface area (TPSA) is 117 Å². The fraction of sp³-hybridized carbons (Fsp3) is 0.462. The van der Waals surface area contributed by atoms with Gasteiger partial charge in [-0.05, 0) is 12.8 Å². The van der Waals surface area contributed by atoms with Crippen molar-refractivity contribution in [3.8, 4) is 0 Å². The van der Waals surface area contributed by atoms with Gasteiger partial charge in [0.05, 0.1) is 49.7 Å². The second kappa shape index (κ2) is 10.4. The number of allylic oxidation sites excluding steroid dienone is 1. The van der Waals surface area contributed by atoms with E-state index in [-0.39, 0.29) is 28.4 Å². The predicted molar refractivity (Wildman–Crippen MR) is 141 cm³/mol. The van der Waals surface area contributed by atoms with Crippen molar-refractivity contribution in [1.82, 2.24) is 29.4 Å². The van der Waals surface area contributed by atoms with Gasteiger partial charge in [0.15, 0.2) is 23.1 Å². The Bertz CT molecular complexity index is 1390. The molecule has 11 nitrogen and oxygen atoms in total. The minimum Gasteiger partial charge on any atom is -0.381 e. The van der Waals surface area contributed by atoms with Crippen molar-refractivity contribution in [2.24, 2.45) is 5.92 Å². The maximum atomic E-state index is 15.1. The number of anilines is 3. The summed E-state index contributed by atoms with van der Waals surface area (Å²) in [4.78, 5) is 27.9. The quantitative estimate of drug-likeness (QED) is 0.485. The first-order valence-electron chi connectivity index (χ1n) is 13.1. The van der Waals surface area contributed by atoms with E-state index in [1.807, 2.05) is 4.90 Å². The number of carbonyl (C=O) groups excluding carboxylic acids is 1. The molecule has 6 heterocycles. The van der Waals surface area contributed by atoms with Crippen molar-refractivity contribution >= 4 is 28.7 Å². The number of nitrogens with one attached hydrogen (secondary N) is 1. The second-order valence-corrected chi connectivity index (χ2v) is 10.2. The average molecular weight is 540 g/mol. The summed E-state index contributed by atoms with van der Waals surface area (Å²) in [6, 6.07) is 0.553. The van der Waals surface area contributed by atoms with Crippen LogP contribution in [0.15, 0.2) is 37.1 Å². The van der Waals surface area contributed by atoms with Gasteiger partial charge in [-0.25, -0.2) is 18.3 Å². The third kappa shape index (κ3) is 4.87. The Hall–Kier alpha value is -3.84. The number of piperazine rings is 1. The van der Waals surface area contributed by atoms with Gasteiger partial charge in [-0.1, -0.05) is 6.58 Å². The molecule has 3 aliphatic heterocycles. The van der Waals surface area contributed by atoms with E-state index in [0.29, 0.717) is 25.0 Å². The molecule has 0 saturated carbocycles. The maximum absolute atomic E-state index is 15.1. The molecule has 3 aromatic rings. The van der Waals surface area contributed by atoms with E-state index in [1.165, 1.54) is 6.20 Å². The molecule has 0 unspecified atom stereocenters. The van der Waals surface area contributed by atoms with Gasteiger partial charge in [0.2, 0.25) is 0 Å². The molecule has 3 aromatic heterocycles. The molecule has 3 aliphatic rings. The number of nitrogen functional groups attached to an aromatic ring is 1. The van der Waals surface area contributed by atoms with Crippen LogP contribution in [0.1, 0.15) is 23.2 Å². The Kier molecular flexibility index (Phi) is 6.77. The molecule has 0 radical (unpaired) electrons. The fourth-order valence-electron chi connectivity index (χ4n) is 5.68. The number of ether oxygens (including phenoxy) is 1. The number of pyridine rings is 1. The zero-order valence-electron chi connectivity index (χ0n) is 21.5. The number of rotatable bonds is 6. The van der Waals surface area contributed by atoms with Crippen LogP contribution in [0.25, 0.3) is 5.65 Å². The lowest BCUT2D eigenvalue weighted by atomic mass is 9.92. The van der Waals surface area contributed by atoms with Gasteiger partial charge >= 0.3 is 0 Å². The Morgan fingerprint density at radius 2 is 1.82 bits per heavy atom. The van der Waals surface area contributed by atoms with Crippen LogP contribution in [-0.4, -0.2) is 93.8 Å². The molecule has 3 saturated heterocycles. The molecular weight excluding hydrogens is 508 g/mol. The van der Waals surface area contributed by atoms with Crippen molar-refractivity contribution in [3.63, 3.8) is 0 Å². The largest absolute Gasteiger partial charge is 0.381 e. The molecule has 0 aliphatic carbocycles. The Labute approximate surface area is 224 Å². The standard InChI is InChI=1S/C26H31F2N9O2/c1-16(34-6-8-35(9-7-34)19-14-39-15-19)17-2-4-36(5-3-17)23-20(28)11-30-12-21(23)32-26(38)22-24(29)33-37-13-18(27)10-31-25(22)37/h10-13,17,19H,1-9,14-15H2,(H2,29,33)(H,32,38). The number of fused-ring (bicyclic) bond motifs is 1. The maximum Gasteiger partial charge on any atom is 0.263 e. The summed E-state index contributed by atoms with van der Waals surface area (Å²) in [5, 5.41) is 6.68. The third-order valence-electron chi connectivity index (χ3n) is 7.96. The van der Waals surface area contributed by atoms with Crippen LogP contribution < -0.4 is 16.0 Å². The van der Waals surface area contributed by atoms with Crippen LogP contribution in [0.2, 0.25) is 0 Å². The van der Waals surface area contributed by atoms with Gasteiger partial charge in [-0.3, -0.25) is 14.7 Å². The minimum absolute atomic E-state index is 0.0230. The first-order valence-corrected chi connectivity index (χ1v) is 13.1. The summed E-state index contributed by atoms with van der Waals surface area (Å²) < 4.78 is 35.1. The zero-order chi connectivity index (χ0) is 27.1. The van der Waals surface area contributed by atoms with E-state index in [4.69, 9.17) is 10.5 Å². The van der Waals surface area contributed by atoms with Crippen molar-refractivity contribution in [2.75, 3.05) is 68.4 Å². The summed E-state index contributed by atoms with van der Waals surface area (Å²) >= 11 is 0. The molecule has 206 valence electrons. The van der Waals surface area contributed by atoms with Crippen LogP contribution in [0.5, 0.6) is 0 Å². The van der Waals surface area contributed by atoms with Gasteiger partial charge < -0.3 is 25.6 Å². The molecule has 0 atom stereocenters. The molecule has 3 fully saturated rings. The number of amides is 1. The molecule has 1 amide bonds. The highest BCUT2D eigenvalue weighted by molar-refractivity contribution is 6.12. The van der Waals surface area contributed by atoms with Gasteiger partial charge in [0.1, 0.15) is 11.3 Å². The molecule has 6 rings (SSSR count). The molecule has 39 heavy (non-hydrogen) atoms. The van der Waals surface area contributed by atoms with E-state index in [2.05, 4.69) is 36.8 Å². The van der Waals surface area contributed by atoms with Crippen molar-refractivity contribution < 1.29 is 18.3 Å². The SMILES string of the molecule is C=C(C1CCN(c2c(F)cncc2NC(=O)c2c(N)nn3cc(F)cnc23)CC1)N1CCN(C2COC2)CC1. The van der Waals surface area contributed by atoms with Crippen LogP contribution in [0.3, 0.4) is 0 Å². The third-order valence-corrected chi connectivity index (χ3v) is 7.96. The monoisotopic (exact) mass is 539 g/mol. The summed E-state index contributed by atoms with van der Waals surface area (Å²) in [5.74, 6) is -1.59. The van der Waals surface area contributed by atoms with Gasteiger partial charge in [-0.2, -0.15) is 0 Å². The van der Waals surface area contributed by atoms with E-state index < -0.39 is 17.5 Å². The minimum atomic E-state index is -0.633. The molecule has 3 N–H and O–H groups in total. The number of piperidine rings is 1. The smallest absolute Gasteiger partial charge is 0.263 e. The van der Waals surface area contributed by atoms with Gasteiger partial charge in [0.25, 0.3) is 5.91 Å². The van der Waals surface area contributed by atoms with Gasteiger partial charge in [-0.15, -0.1) is 5.10 Å². The van der Waals surface area contributed by atoms with Crippen molar-refractivity contribution in [2.45, 2.75) is 18.9 Å². The lowest BCUT2D eigenvalue weighted by Crippen LogP contribution is -2.56. The first kappa shape index (κ1) is 25.4. The summed E-state index contributed by atoms with van der Waals surface area (Å²) in [6.07, 6.45) is 6.23. The number of nitrogens with two attached hydrogens (primary N) is 1. The number of carbonyl (C=O) groups is 1. The zero-order valence-corrected chi connectivity index (χ0v) is 21.5. The van der Waals surface area contributed by atoms with Crippen LogP contribution in [0.4, 0.5) is 26.0 Å². The van der Waals surface area contributed by atoms with Crippen molar-refractivity contribution in [3.05, 3.63) is 54.3 Å². The normalized spacial score (nSPS) is 19.3. The second-order valence-electron chi connectivity index (χ2n) is 10.2. The summed E-state index contributed by atoms with van der Waals surface area (Å²) in [7, 11) is 0. The number of aromatic nitrogens is 4. The highest BCUT2D eigenvalue weighted by atomic mass is 19.1. The average Bonchev–Trinajstić information content (AvgIpc) is 3.23. The number of halogens is 2. The van der Waals surface area contributed by atoms with Gasteiger partial charge in [0, 0.05) is 50.9 Å². The van der Waals surface area contributed by atoms with E-state index in [0.717, 1.165) is 81.0 Å². The van der Waals surface area contributed by atoms with E-state index in [1.54, 1.807) is 0 Å². The molecule has 0 aromatic carbocycles. The summed E-state index contributed by atoms with van der Waals surface area (Å²) in [6.45, 7) is 11.2. The fourth-order valence-corrected chi connectivity index (χ4v) is 5.68. The van der Waals surface area contributed by atoms with Crippen LogP contribution >= 0.6 is 0 Å². The lowest BCUT2D eigenvalue weighted by Gasteiger charge is -2.45. The van der Waals surface area contributed by atoms with Crippen LogP contribution in [-0.2, 0) is 4.74 Å². The first-order chi connectivity index (χ1) is 18.9. The Balaban J connectivity index is 1.12. The van der Waals surface area contributed by atoms with E-state index >= 15 is 4.39 Å². The van der Waals surface area contributed by atoms with Crippen LogP contribution in [0, 0.1) is 17.6 Å².